The fraction of sp³-hybridized carbons (Fsp3) is 1.00. The predicted octanol–water partition coefficient (Wildman–Crippen LogP) is 4.37. The maximum absolute atomic E-state index is 3.97. The highest BCUT2D eigenvalue weighted by Crippen LogP contribution is 2.31. The van der Waals surface area contributed by atoms with Crippen molar-refractivity contribution < 1.29 is 0 Å². The number of rotatable bonds is 3. The maximum Gasteiger partial charge on any atom is 0.00978 e. The smallest absolute Gasteiger partial charge is 0.00978 e. The monoisotopic (exact) mass is 237 g/mol. The molecule has 0 aromatic carbocycles. The van der Waals surface area contributed by atoms with Gasteiger partial charge in [0.15, 0.2) is 0 Å². The van der Waals surface area contributed by atoms with Crippen LogP contribution in [0.1, 0.15) is 72.1 Å². The van der Waals surface area contributed by atoms with Crippen LogP contribution in [0.25, 0.3) is 0 Å². The lowest BCUT2D eigenvalue weighted by atomic mass is 9.78. The van der Waals surface area contributed by atoms with E-state index in [-0.39, 0.29) is 0 Å². The molecule has 0 spiro atoms. The summed E-state index contributed by atoms with van der Waals surface area (Å²) in [6.45, 7) is 7.30. The van der Waals surface area contributed by atoms with Gasteiger partial charge in [0.05, 0.1) is 0 Å². The molecule has 1 N–H and O–H groups in total. The Morgan fingerprint density at radius 2 is 1.65 bits per heavy atom. The van der Waals surface area contributed by atoms with Crippen LogP contribution in [0.5, 0.6) is 0 Å². The van der Waals surface area contributed by atoms with Crippen LogP contribution in [0, 0.1) is 17.8 Å². The van der Waals surface area contributed by atoms with Crippen LogP contribution in [0.4, 0.5) is 0 Å². The van der Waals surface area contributed by atoms with E-state index in [1.165, 1.54) is 51.4 Å². The minimum atomic E-state index is 0.744. The van der Waals surface area contributed by atoms with Crippen molar-refractivity contribution in [3.63, 3.8) is 0 Å². The van der Waals surface area contributed by atoms with Crippen LogP contribution in [-0.2, 0) is 0 Å². The molecule has 0 amide bonds. The standard InChI is InChI=1S/C16H31N/c1-12-9-10-13(2)16(11-12)17-14(3)15-7-5-4-6-8-15/h12-17H,4-11H2,1-3H3/t12?,13?,14-,16?/m1/s1. The summed E-state index contributed by atoms with van der Waals surface area (Å²) >= 11 is 0. The normalized spacial score (nSPS) is 37.9. The third-order valence-corrected chi connectivity index (χ3v) is 5.29. The van der Waals surface area contributed by atoms with Crippen LogP contribution in [0.3, 0.4) is 0 Å². The number of hydrogen-bond acceptors (Lipinski definition) is 1. The zero-order chi connectivity index (χ0) is 12.3. The summed E-state index contributed by atoms with van der Waals surface area (Å²) in [4.78, 5) is 0. The van der Waals surface area contributed by atoms with Gasteiger partial charge < -0.3 is 5.32 Å². The molecule has 100 valence electrons. The first-order valence-corrected chi connectivity index (χ1v) is 7.93. The molecule has 0 aromatic heterocycles. The molecular formula is C16H31N. The largest absolute Gasteiger partial charge is 0.311 e. The average molecular weight is 237 g/mol. The second-order valence-electron chi connectivity index (χ2n) is 6.86. The van der Waals surface area contributed by atoms with Crippen LogP contribution in [0.2, 0.25) is 0 Å². The molecule has 0 saturated heterocycles. The Kier molecular flexibility index (Phi) is 4.90. The molecule has 2 fully saturated rings. The second-order valence-corrected chi connectivity index (χ2v) is 6.86. The first-order valence-electron chi connectivity index (χ1n) is 7.93. The first kappa shape index (κ1) is 13.4. The highest BCUT2D eigenvalue weighted by Gasteiger charge is 2.28. The Morgan fingerprint density at radius 3 is 2.35 bits per heavy atom. The van der Waals surface area contributed by atoms with Gasteiger partial charge >= 0.3 is 0 Å². The molecule has 17 heavy (non-hydrogen) atoms. The number of nitrogens with one attached hydrogen (secondary N) is 1. The summed E-state index contributed by atoms with van der Waals surface area (Å²) in [7, 11) is 0. The van der Waals surface area contributed by atoms with Crippen LogP contribution >= 0.6 is 0 Å². The zero-order valence-electron chi connectivity index (χ0n) is 12.0. The van der Waals surface area contributed by atoms with E-state index in [2.05, 4.69) is 26.1 Å². The predicted molar refractivity (Wildman–Crippen MR) is 75.1 cm³/mol. The van der Waals surface area contributed by atoms with Gasteiger partial charge in [-0.3, -0.25) is 0 Å². The molecule has 2 aliphatic carbocycles. The first-order chi connectivity index (χ1) is 8.16. The van der Waals surface area contributed by atoms with E-state index in [4.69, 9.17) is 0 Å². The minimum absolute atomic E-state index is 0.744. The Bertz CT molecular complexity index is 220. The molecule has 4 atom stereocenters. The van der Waals surface area contributed by atoms with Crippen LogP contribution < -0.4 is 5.32 Å². The van der Waals surface area contributed by atoms with Crippen LogP contribution in [0.15, 0.2) is 0 Å². The van der Waals surface area contributed by atoms with E-state index in [0.29, 0.717) is 0 Å². The van der Waals surface area contributed by atoms with Gasteiger partial charge in [-0.05, 0) is 50.4 Å². The van der Waals surface area contributed by atoms with Crippen molar-refractivity contribution in [2.24, 2.45) is 17.8 Å². The highest BCUT2D eigenvalue weighted by molar-refractivity contribution is 4.85. The molecule has 0 heterocycles. The Labute approximate surface area is 108 Å². The third-order valence-electron chi connectivity index (χ3n) is 5.29. The van der Waals surface area contributed by atoms with Gasteiger partial charge in [-0.1, -0.05) is 39.5 Å². The highest BCUT2D eigenvalue weighted by atomic mass is 15.0. The Morgan fingerprint density at radius 1 is 0.941 bits per heavy atom. The van der Waals surface area contributed by atoms with Crippen LogP contribution in [-0.4, -0.2) is 12.1 Å². The van der Waals surface area contributed by atoms with Gasteiger partial charge in [-0.25, -0.2) is 0 Å². The fourth-order valence-electron chi connectivity index (χ4n) is 3.87. The molecular weight excluding hydrogens is 206 g/mol. The molecule has 0 aromatic rings. The van der Waals surface area contributed by atoms with Crippen molar-refractivity contribution in [3.8, 4) is 0 Å². The lowest BCUT2D eigenvalue weighted by Gasteiger charge is -2.38. The zero-order valence-corrected chi connectivity index (χ0v) is 12.0. The van der Waals surface area contributed by atoms with E-state index in [1.54, 1.807) is 0 Å². The van der Waals surface area contributed by atoms with Crippen molar-refractivity contribution >= 4 is 0 Å². The molecule has 1 nitrogen and oxygen atoms in total. The molecule has 1 heteroatoms. The molecule has 2 saturated carbocycles. The van der Waals surface area contributed by atoms with E-state index >= 15 is 0 Å². The molecule has 2 rings (SSSR count). The van der Waals surface area contributed by atoms with Gasteiger partial charge in [0.25, 0.3) is 0 Å². The lowest BCUT2D eigenvalue weighted by Crippen LogP contribution is -2.47. The average Bonchev–Trinajstić information content (AvgIpc) is 2.35. The maximum atomic E-state index is 3.97. The molecule has 2 aliphatic rings. The SMILES string of the molecule is CC1CCC(C)C(N[C@H](C)C2CCCCC2)C1. The number of hydrogen-bond donors (Lipinski definition) is 1. The van der Waals surface area contributed by atoms with Crippen molar-refractivity contribution in [2.75, 3.05) is 0 Å². The summed E-state index contributed by atoms with van der Waals surface area (Å²) in [6.07, 6.45) is 11.6. The van der Waals surface area contributed by atoms with E-state index in [1.807, 2.05) is 0 Å². The molecule has 0 bridgehead atoms. The van der Waals surface area contributed by atoms with Gasteiger partial charge in [-0.2, -0.15) is 0 Å². The Hall–Kier alpha value is -0.0400. The summed E-state index contributed by atoms with van der Waals surface area (Å²) in [5, 5.41) is 3.97. The molecule has 0 radical (unpaired) electrons. The Balaban J connectivity index is 1.81. The van der Waals surface area contributed by atoms with Crippen molar-refractivity contribution in [1.29, 1.82) is 0 Å². The second kappa shape index (κ2) is 6.22. The van der Waals surface area contributed by atoms with Gasteiger partial charge in [0.1, 0.15) is 0 Å². The van der Waals surface area contributed by atoms with E-state index in [0.717, 1.165) is 29.8 Å². The van der Waals surface area contributed by atoms with E-state index < -0.39 is 0 Å². The van der Waals surface area contributed by atoms with E-state index in [9.17, 15) is 0 Å². The minimum Gasteiger partial charge on any atom is -0.311 e. The third kappa shape index (κ3) is 3.71. The fourth-order valence-corrected chi connectivity index (χ4v) is 3.87. The summed E-state index contributed by atoms with van der Waals surface area (Å²) < 4.78 is 0. The van der Waals surface area contributed by atoms with Crippen molar-refractivity contribution in [3.05, 3.63) is 0 Å². The topological polar surface area (TPSA) is 12.0 Å². The summed E-state index contributed by atoms with van der Waals surface area (Å²) in [5.74, 6) is 2.77. The van der Waals surface area contributed by atoms with Gasteiger partial charge in [0.2, 0.25) is 0 Å². The quantitative estimate of drug-likeness (QED) is 0.768. The van der Waals surface area contributed by atoms with Gasteiger partial charge in [0, 0.05) is 12.1 Å². The van der Waals surface area contributed by atoms with Crippen molar-refractivity contribution in [2.45, 2.75) is 84.2 Å². The summed E-state index contributed by atoms with van der Waals surface area (Å²) in [5.41, 5.74) is 0. The lowest BCUT2D eigenvalue weighted by molar-refractivity contribution is 0.183. The molecule has 3 unspecified atom stereocenters. The van der Waals surface area contributed by atoms with Crippen molar-refractivity contribution in [1.82, 2.24) is 5.32 Å². The van der Waals surface area contributed by atoms with Gasteiger partial charge in [-0.15, -0.1) is 0 Å². The molecule has 0 aliphatic heterocycles. The summed E-state index contributed by atoms with van der Waals surface area (Å²) in [6, 6.07) is 1.53.